The predicted octanol–water partition coefficient (Wildman–Crippen LogP) is 2.95. The van der Waals surface area contributed by atoms with Crippen LogP contribution in [-0.4, -0.2) is 17.8 Å². The van der Waals surface area contributed by atoms with Crippen molar-refractivity contribution < 1.29 is 4.79 Å². The van der Waals surface area contributed by atoms with E-state index in [4.69, 9.17) is 11.6 Å². The van der Waals surface area contributed by atoms with Crippen LogP contribution in [0.5, 0.6) is 0 Å². The average molecular weight is 232 g/mol. The molecule has 0 saturated heterocycles. The van der Waals surface area contributed by atoms with Gasteiger partial charge in [-0.05, 0) is 24.7 Å². The monoisotopic (exact) mass is 231 g/mol. The highest BCUT2D eigenvalue weighted by atomic mass is 35.5. The molecule has 0 aromatic carbocycles. The first-order chi connectivity index (χ1) is 7.13. The van der Waals surface area contributed by atoms with Crippen LogP contribution in [0, 0.1) is 11.8 Å². The van der Waals surface area contributed by atoms with E-state index in [0.717, 1.165) is 25.8 Å². The van der Waals surface area contributed by atoms with Crippen LogP contribution < -0.4 is 5.32 Å². The maximum Gasteiger partial charge on any atom is 0.220 e. The van der Waals surface area contributed by atoms with Crippen LogP contribution in [0.3, 0.4) is 0 Å². The molecule has 0 heterocycles. The number of alkyl halides is 1. The molecular formula is C12H22ClNO. The van der Waals surface area contributed by atoms with Crippen molar-refractivity contribution in [3.63, 3.8) is 0 Å². The van der Waals surface area contributed by atoms with E-state index in [1.165, 1.54) is 6.42 Å². The van der Waals surface area contributed by atoms with Gasteiger partial charge in [0.2, 0.25) is 5.91 Å². The molecule has 1 fully saturated rings. The Balaban J connectivity index is 2.16. The molecule has 3 heteroatoms. The normalized spacial score (nSPS) is 27.7. The SMILES string of the molecule is CCC(C)CC(=O)NCC1CCCC1Cl. The minimum absolute atomic E-state index is 0.181. The topological polar surface area (TPSA) is 29.1 Å². The standard InChI is InChI=1S/C12H22ClNO/c1-3-9(2)7-12(15)14-8-10-5-4-6-11(10)13/h9-11H,3-8H2,1-2H3,(H,14,15). The lowest BCUT2D eigenvalue weighted by Gasteiger charge is -2.15. The average Bonchev–Trinajstić information content (AvgIpc) is 2.61. The Labute approximate surface area is 97.8 Å². The molecule has 3 atom stereocenters. The smallest absolute Gasteiger partial charge is 0.220 e. The molecule has 0 spiro atoms. The third-order valence-electron chi connectivity index (χ3n) is 3.36. The van der Waals surface area contributed by atoms with Crippen molar-refractivity contribution >= 4 is 17.5 Å². The first kappa shape index (κ1) is 12.8. The zero-order valence-corrected chi connectivity index (χ0v) is 10.5. The predicted molar refractivity (Wildman–Crippen MR) is 64.1 cm³/mol. The van der Waals surface area contributed by atoms with Gasteiger partial charge in [-0.1, -0.05) is 26.7 Å². The highest BCUT2D eigenvalue weighted by molar-refractivity contribution is 6.20. The Morgan fingerprint density at radius 2 is 2.27 bits per heavy atom. The van der Waals surface area contributed by atoms with Crippen LogP contribution in [0.2, 0.25) is 0 Å². The Hall–Kier alpha value is -0.240. The van der Waals surface area contributed by atoms with E-state index in [9.17, 15) is 4.79 Å². The zero-order chi connectivity index (χ0) is 11.3. The third-order valence-corrected chi connectivity index (χ3v) is 3.93. The highest BCUT2D eigenvalue weighted by Crippen LogP contribution is 2.29. The van der Waals surface area contributed by atoms with Crippen molar-refractivity contribution in [3.05, 3.63) is 0 Å². The summed E-state index contributed by atoms with van der Waals surface area (Å²) >= 11 is 6.14. The Bertz CT molecular complexity index is 208. The van der Waals surface area contributed by atoms with Crippen molar-refractivity contribution in [2.75, 3.05) is 6.54 Å². The summed E-state index contributed by atoms with van der Waals surface area (Å²) in [6.07, 6.45) is 5.19. The van der Waals surface area contributed by atoms with Crippen molar-refractivity contribution in [2.45, 2.75) is 51.3 Å². The Morgan fingerprint density at radius 1 is 1.53 bits per heavy atom. The minimum atomic E-state index is 0.181. The summed E-state index contributed by atoms with van der Waals surface area (Å²) in [4.78, 5) is 11.5. The second-order valence-electron chi connectivity index (χ2n) is 4.73. The fraction of sp³-hybridized carbons (Fsp3) is 0.917. The van der Waals surface area contributed by atoms with Gasteiger partial charge < -0.3 is 5.32 Å². The number of amides is 1. The van der Waals surface area contributed by atoms with E-state index in [1.54, 1.807) is 0 Å². The Kier molecular flexibility index (Phi) is 5.44. The van der Waals surface area contributed by atoms with Crippen LogP contribution in [0.1, 0.15) is 46.0 Å². The van der Waals surface area contributed by atoms with Crippen molar-refractivity contribution in [1.82, 2.24) is 5.32 Å². The van der Waals surface area contributed by atoms with Crippen LogP contribution in [-0.2, 0) is 4.79 Å². The molecule has 2 nitrogen and oxygen atoms in total. The van der Waals surface area contributed by atoms with Crippen LogP contribution in [0.25, 0.3) is 0 Å². The summed E-state index contributed by atoms with van der Waals surface area (Å²) < 4.78 is 0. The lowest BCUT2D eigenvalue weighted by Crippen LogP contribution is -2.31. The molecule has 0 radical (unpaired) electrons. The first-order valence-electron chi connectivity index (χ1n) is 6.04. The molecule has 15 heavy (non-hydrogen) atoms. The van der Waals surface area contributed by atoms with E-state index in [0.29, 0.717) is 18.3 Å². The van der Waals surface area contributed by atoms with Gasteiger partial charge in [-0.2, -0.15) is 0 Å². The second-order valence-corrected chi connectivity index (χ2v) is 5.29. The molecule has 0 bridgehead atoms. The largest absolute Gasteiger partial charge is 0.356 e. The van der Waals surface area contributed by atoms with E-state index in [1.807, 2.05) is 0 Å². The van der Waals surface area contributed by atoms with Crippen molar-refractivity contribution in [2.24, 2.45) is 11.8 Å². The van der Waals surface area contributed by atoms with Gasteiger partial charge in [0.05, 0.1) is 0 Å². The highest BCUT2D eigenvalue weighted by Gasteiger charge is 2.25. The number of nitrogens with one attached hydrogen (secondary N) is 1. The van der Waals surface area contributed by atoms with E-state index in [2.05, 4.69) is 19.2 Å². The molecule has 0 aromatic heterocycles. The van der Waals surface area contributed by atoms with Crippen LogP contribution in [0.4, 0.5) is 0 Å². The minimum Gasteiger partial charge on any atom is -0.356 e. The van der Waals surface area contributed by atoms with Crippen LogP contribution in [0.15, 0.2) is 0 Å². The van der Waals surface area contributed by atoms with Gasteiger partial charge in [0.25, 0.3) is 0 Å². The molecule has 1 N–H and O–H groups in total. The van der Waals surface area contributed by atoms with Gasteiger partial charge in [-0.3, -0.25) is 4.79 Å². The molecule has 0 aliphatic heterocycles. The maximum absolute atomic E-state index is 11.5. The summed E-state index contributed by atoms with van der Waals surface area (Å²) in [5, 5.41) is 3.27. The van der Waals surface area contributed by atoms with E-state index >= 15 is 0 Å². The number of hydrogen-bond acceptors (Lipinski definition) is 1. The lowest BCUT2D eigenvalue weighted by atomic mass is 10.0. The molecule has 1 aliphatic carbocycles. The summed E-state index contributed by atoms with van der Waals surface area (Å²) in [5.41, 5.74) is 0. The van der Waals surface area contributed by atoms with Crippen molar-refractivity contribution in [1.29, 1.82) is 0 Å². The molecule has 1 saturated carbocycles. The van der Waals surface area contributed by atoms with Gasteiger partial charge in [-0.15, -0.1) is 11.6 Å². The number of carbonyl (C=O) groups excluding carboxylic acids is 1. The zero-order valence-electron chi connectivity index (χ0n) is 9.76. The van der Waals surface area contributed by atoms with Gasteiger partial charge in [0.1, 0.15) is 0 Å². The number of hydrogen-bond donors (Lipinski definition) is 1. The maximum atomic E-state index is 11.5. The van der Waals surface area contributed by atoms with Gasteiger partial charge in [0.15, 0.2) is 0 Å². The quantitative estimate of drug-likeness (QED) is 0.725. The van der Waals surface area contributed by atoms with Gasteiger partial charge in [-0.25, -0.2) is 0 Å². The second kappa shape index (κ2) is 6.37. The fourth-order valence-corrected chi connectivity index (χ4v) is 2.37. The number of carbonyl (C=O) groups is 1. The molecular weight excluding hydrogens is 210 g/mol. The van der Waals surface area contributed by atoms with E-state index < -0.39 is 0 Å². The summed E-state index contributed by atoms with van der Waals surface area (Å²) in [5.74, 6) is 1.16. The van der Waals surface area contributed by atoms with Gasteiger partial charge >= 0.3 is 0 Å². The summed E-state index contributed by atoms with van der Waals surface area (Å²) in [6, 6.07) is 0. The van der Waals surface area contributed by atoms with Crippen LogP contribution >= 0.6 is 11.6 Å². The Morgan fingerprint density at radius 3 is 2.80 bits per heavy atom. The molecule has 3 unspecified atom stereocenters. The molecule has 1 amide bonds. The third kappa shape index (κ3) is 4.42. The lowest BCUT2D eigenvalue weighted by molar-refractivity contribution is -0.122. The summed E-state index contributed by atoms with van der Waals surface area (Å²) in [6.45, 7) is 4.99. The fourth-order valence-electron chi connectivity index (χ4n) is 2.00. The molecule has 1 aliphatic rings. The first-order valence-corrected chi connectivity index (χ1v) is 6.47. The molecule has 88 valence electrons. The molecule has 1 rings (SSSR count). The van der Waals surface area contributed by atoms with Crippen molar-refractivity contribution in [3.8, 4) is 0 Å². The van der Waals surface area contributed by atoms with Gasteiger partial charge in [0, 0.05) is 18.3 Å². The summed E-state index contributed by atoms with van der Waals surface area (Å²) in [7, 11) is 0. The number of halogens is 1. The number of rotatable bonds is 5. The van der Waals surface area contributed by atoms with E-state index in [-0.39, 0.29) is 11.3 Å². The molecule has 0 aromatic rings.